The van der Waals surface area contributed by atoms with Gasteiger partial charge in [-0.25, -0.2) is 0 Å². The van der Waals surface area contributed by atoms with Gasteiger partial charge in [0.25, 0.3) is 5.91 Å². The van der Waals surface area contributed by atoms with Crippen molar-refractivity contribution in [2.24, 2.45) is 0 Å². The van der Waals surface area contributed by atoms with E-state index in [-0.39, 0.29) is 24.0 Å². The highest BCUT2D eigenvalue weighted by molar-refractivity contribution is 5.94. The fourth-order valence-electron chi connectivity index (χ4n) is 3.54. The molecule has 1 N–H and O–H groups in total. The number of rotatable bonds is 5. The van der Waals surface area contributed by atoms with Gasteiger partial charge in [-0.05, 0) is 43.9 Å². The number of aryl methyl sites for hydroxylation is 1. The smallest absolute Gasteiger partial charge is 0.251 e. The van der Waals surface area contributed by atoms with Crippen molar-refractivity contribution in [3.05, 3.63) is 29.8 Å². The first-order valence-corrected chi connectivity index (χ1v) is 9.62. The molecule has 2 aliphatic rings. The van der Waals surface area contributed by atoms with Gasteiger partial charge in [-0.3, -0.25) is 14.5 Å². The lowest BCUT2D eigenvalue weighted by Gasteiger charge is -2.38. The Bertz CT molecular complexity index is 618. The van der Waals surface area contributed by atoms with Crippen LogP contribution >= 0.6 is 0 Å². The number of amides is 2. The van der Waals surface area contributed by atoms with Gasteiger partial charge in [0.2, 0.25) is 5.91 Å². The molecule has 0 radical (unpaired) electrons. The fourth-order valence-corrected chi connectivity index (χ4v) is 3.54. The minimum Gasteiger partial charge on any atom is -0.368 e. The van der Waals surface area contributed by atoms with E-state index >= 15 is 0 Å². The highest BCUT2D eigenvalue weighted by atomic mass is 16.5. The molecule has 0 aliphatic carbocycles. The molecule has 1 aromatic carbocycles. The number of hydrogen-bond acceptors (Lipinski definition) is 4. The summed E-state index contributed by atoms with van der Waals surface area (Å²) in [7, 11) is 0. The van der Waals surface area contributed by atoms with E-state index in [0.29, 0.717) is 32.8 Å². The second-order valence-electron chi connectivity index (χ2n) is 7.08. The van der Waals surface area contributed by atoms with Crippen molar-refractivity contribution >= 4 is 17.5 Å². The predicted octanol–water partition coefficient (Wildman–Crippen LogP) is 1.90. The summed E-state index contributed by atoms with van der Waals surface area (Å²) in [5.41, 5.74) is 2.08. The molecule has 0 saturated carbocycles. The van der Waals surface area contributed by atoms with E-state index in [2.05, 4.69) is 17.1 Å². The third-order valence-corrected chi connectivity index (χ3v) is 5.39. The summed E-state index contributed by atoms with van der Waals surface area (Å²) < 4.78 is 5.49. The van der Waals surface area contributed by atoms with Crippen LogP contribution in [-0.2, 0) is 20.7 Å². The zero-order valence-corrected chi connectivity index (χ0v) is 15.7. The van der Waals surface area contributed by atoms with Crippen LogP contribution in [0.3, 0.4) is 0 Å². The molecule has 2 fully saturated rings. The van der Waals surface area contributed by atoms with Gasteiger partial charge in [-0.1, -0.05) is 19.1 Å². The Labute approximate surface area is 155 Å². The molecule has 3 rings (SSSR count). The molecule has 26 heavy (non-hydrogen) atoms. The third kappa shape index (κ3) is 4.43. The van der Waals surface area contributed by atoms with Gasteiger partial charge in [0.15, 0.2) is 0 Å². The molecule has 0 bridgehead atoms. The zero-order chi connectivity index (χ0) is 18.5. The topological polar surface area (TPSA) is 61.9 Å². The highest BCUT2D eigenvalue weighted by Crippen LogP contribution is 2.17. The Kier molecular flexibility index (Phi) is 6.27. The number of nitrogens with one attached hydrogen (secondary N) is 1. The van der Waals surface area contributed by atoms with Gasteiger partial charge < -0.3 is 15.0 Å². The molecule has 1 aromatic rings. The van der Waals surface area contributed by atoms with E-state index in [4.69, 9.17) is 4.74 Å². The average molecular weight is 359 g/mol. The minimum atomic E-state index is -0.256. The number of benzene rings is 1. The van der Waals surface area contributed by atoms with Crippen LogP contribution in [0.25, 0.3) is 0 Å². The number of nitrogens with zero attached hydrogens (tertiary/aromatic N) is 2. The van der Waals surface area contributed by atoms with Gasteiger partial charge in [0, 0.05) is 38.5 Å². The molecular weight excluding hydrogens is 330 g/mol. The second kappa shape index (κ2) is 8.64. The van der Waals surface area contributed by atoms with Crippen molar-refractivity contribution < 1.29 is 14.3 Å². The molecule has 0 unspecified atom stereocenters. The molecular formula is C20H29N3O3. The van der Waals surface area contributed by atoms with Crippen molar-refractivity contribution in [2.45, 2.75) is 45.3 Å². The maximum Gasteiger partial charge on any atom is 0.251 e. The SMILES string of the molecule is CCc1ccc(NC(=O)[C@@H](C)N2CCN(C(=O)[C@@H]3CCCO3)CC2)cc1. The van der Waals surface area contributed by atoms with Crippen molar-refractivity contribution in [2.75, 3.05) is 38.1 Å². The first kappa shape index (κ1) is 18.9. The Hall–Kier alpha value is -1.92. The number of ether oxygens (including phenoxy) is 1. The van der Waals surface area contributed by atoms with Crippen molar-refractivity contribution in [3.8, 4) is 0 Å². The second-order valence-corrected chi connectivity index (χ2v) is 7.08. The third-order valence-electron chi connectivity index (χ3n) is 5.39. The Morgan fingerprint density at radius 3 is 2.46 bits per heavy atom. The largest absolute Gasteiger partial charge is 0.368 e. The van der Waals surface area contributed by atoms with Crippen LogP contribution in [0.1, 0.15) is 32.3 Å². The number of hydrogen-bond donors (Lipinski definition) is 1. The zero-order valence-electron chi connectivity index (χ0n) is 15.7. The number of piperazine rings is 1. The lowest BCUT2D eigenvalue weighted by Crippen LogP contribution is -2.55. The lowest BCUT2D eigenvalue weighted by atomic mass is 10.1. The van der Waals surface area contributed by atoms with Crippen LogP contribution in [0.2, 0.25) is 0 Å². The van der Waals surface area contributed by atoms with Gasteiger partial charge in [-0.15, -0.1) is 0 Å². The van der Waals surface area contributed by atoms with Crippen LogP contribution in [0.4, 0.5) is 5.69 Å². The van der Waals surface area contributed by atoms with E-state index in [1.807, 2.05) is 36.1 Å². The summed E-state index contributed by atoms with van der Waals surface area (Å²) in [5, 5.41) is 2.99. The predicted molar refractivity (Wildman–Crippen MR) is 101 cm³/mol. The number of carbonyl (C=O) groups is 2. The Balaban J connectivity index is 1.48. The summed E-state index contributed by atoms with van der Waals surface area (Å²) in [6.07, 6.45) is 2.52. The summed E-state index contributed by atoms with van der Waals surface area (Å²) >= 11 is 0. The first-order valence-electron chi connectivity index (χ1n) is 9.62. The summed E-state index contributed by atoms with van der Waals surface area (Å²) in [5.74, 6) is 0.100. The maximum absolute atomic E-state index is 12.5. The molecule has 2 heterocycles. The van der Waals surface area contributed by atoms with E-state index in [1.54, 1.807) is 0 Å². The average Bonchev–Trinajstić information content (AvgIpc) is 3.22. The van der Waals surface area contributed by atoms with Crippen LogP contribution in [-0.4, -0.2) is 66.5 Å². The number of anilines is 1. The number of carbonyl (C=O) groups excluding carboxylic acids is 2. The van der Waals surface area contributed by atoms with Crippen molar-refractivity contribution in [3.63, 3.8) is 0 Å². The molecule has 2 aliphatic heterocycles. The van der Waals surface area contributed by atoms with Gasteiger partial charge in [-0.2, -0.15) is 0 Å². The Morgan fingerprint density at radius 1 is 1.19 bits per heavy atom. The molecule has 2 atom stereocenters. The van der Waals surface area contributed by atoms with Crippen LogP contribution in [0.15, 0.2) is 24.3 Å². The van der Waals surface area contributed by atoms with Crippen LogP contribution < -0.4 is 5.32 Å². The van der Waals surface area contributed by atoms with E-state index in [1.165, 1.54) is 5.56 Å². The van der Waals surface area contributed by atoms with Gasteiger partial charge >= 0.3 is 0 Å². The van der Waals surface area contributed by atoms with Crippen LogP contribution in [0.5, 0.6) is 0 Å². The minimum absolute atomic E-state index is 0.00634. The monoisotopic (exact) mass is 359 g/mol. The van der Waals surface area contributed by atoms with Crippen molar-refractivity contribution in [1.29, 1.82) is 0 Å². The molecule has 6 heteroatoms. The molecule has 6 nitrogen and oxygen atoms in total. The van der Waals surface area contributed by atoms with Gasteiger partial charge in [0.1, 0.15) is 6.10 Å². The van der Waals surface area contributed by atoms with E-state index in [0.717, 1.165) is 24.9 Å². The quantitative estimate of drug-likeness (QED) is 0.872. The fraction of sp³-hybridized carbons (Fsp3) is 0.600. The summed E-state index contributed by atoms with van der Waals surface area (Å²) in [6, 6.07) is 7.75. The maximum atomic E-state index is 12.5. The van der Waals surface area contributed by atoms with E-state index < -0.39 is 0 Å². The van der Waals surface area contributed by atoms with E-state index in [9.17, 15) is 9.59 Å². The normalized spacial score (nSPS) is 22.2. The summed E-state index contributed by atoms with van der Waals surface area (Å²) in [6.45, 7) is 7.45. The van der Waals surface area contributed by atoms with Crippen LogP contribution in [0, 0.1) is 0 Å². The Morgan fingerprint density at radius 2 is 1.88 bits per heavy atom. The summed E-state index contributed by atoms with van der Waals surface area (Å²) in [4.78, 5) is 29.0. The molecule has 142 valence electrons. The highest BCUT2D eigenvalue weighted by Gasteiger charge is 2.32. The standard InChI is InChI=1S/C20H29N3O3/c1-3-16-6-8-17(9-7-16)21-19(24)15(2)22-10-12-23(13-11-22)20(25)18-5-4-14-26-18/h6-9,15,18H,3-5,10-14H2,1-2H3,(H,21,24)/t15-,18+/m1/s1. The first-order chi connectivity index (χ1) is 12.6. The molecule has 2 saturated heterocycles. The molecule has 0 spiro atoms. The van der Waals surface area contributed by atoms with Crippen molar-refractivity contribution in [1.82, 2.24) is 9.80 Å². The van der Waals surface area contributed by atoms with Gasteiger partial charge in [0.05, 0.1) is 6.04 Å². The lowest BCUT2D eigenvalue weighted by molar-refractivity contribution is -0.143. The molecule has 2 amide bonds. The molecule has 0 aromatic heterocycles.